The lowest BCUT2D eigenvalue weighted by molar-refractivity contribution is 0.241. The minimum absolute atomic E-state index is 0.193. The Bertz CT molecular complexity index is 608. The van der Waals surface area contributed by atoms with Gasteiger partial charge in [-0.05, 0) is 74.6 Å². The van der Waals surface area contributed by atoms with Crippen LogP contribution >= 0.6 is 15.9 Å². The minimum atomic E-state index is 0.193. The van der Waals surface area contributed by atoms with E-state index in [0.29, 0.717) is 0 Å². The molecule has 0 aromatic heterocycles. The average Bonchev–Trinajstić information content (AvgIpc) is 2.49. The Morgan fingerprint density at radius 3 is 2.59 bits per heavy atom. The van der Waals surface area contributed by atoms with Crippen molar-refractivity contribution in [3.05, 3.63) is 35.9 Å². The molecule has 0 bridgehead atoms. The third-order valence-corrected chi connectivity index (χ3v) is 4.18. The van der Waals surface area contributed by atoms with E-state index in [1.54, 1.807) is 0 Å². The number of aryl methyl sites for hydroxylation is 1. The molecule has 0 heterocycles. The van der Waals surface area contributed by atoms with Crippen molar-refractivity contribution in [3.8, 4) is 11.5 Å². The van der Waals surface area contributed by atoms with Crippen molar-refractivity contribution in [3.63, 3.8) is 0 Å². The molecule has 0 spiro atoms. The summed E-state index contributed by atoms with van der Waals surface area (Å²) in [6.07, 6.45) is 3.70. The van der Waals surface area contributed by atoms with Gasteiger partial charge in [-0.1, -0.05) is 28.1 Å². The highest BCUT2D eigenvalue weighted by molar-refractivity contribution is 9.09. The van der Waals surface area contributed by atoms with Crippen molar-refractivity contribution >= 4 is 26.7 Å². The molecule has 2 aromatic rings. The highest BCUT2D eigenvalue weighted by Gasteiger charge is 2.07. The maximum atomic E-state index is 5.85. The molecule has 3 heteroatoms. The van der Waals surface area contributed by atoms with Crippen LogP contribution in [0.15, 0.2) is 30.3 Å². The first kappa shape index (κ1) is 17.1. The van der Waals surface area contributed by atoms with Gasteiger partial charge in [0.15, 0.2) is 0 Å². The van der Waals surface area contributed by atoms with Crippen molar-refractivity contribution in [2.75, 3.05) is 11.9 Å². The van der Waals surface area contributed by atoms with E-state index in [1.807, 2.05) is 0 Å². The molecule has 0 aliphatic rings. The second-order valence-corrected chi connectivity index (χ2v) is 6.63. The van der Waals surface area contributed by atoms with Gasteiger partial charge in [-0.25, -0.2) is 0 Å². The Labute approximate surface area is 141 Å². The smallest absolute Gasteiger partial charge is 0.123 e. The van der Waals surface area contributed by atoms with Gasteiger partial charge < -0.3 is 9.47 Å². The topological polar surface area (TPSA) is 18.5 Å². The molecule has 22 heavy (non-hydrogen) atoms. The molecular formula is C19H25BrO2. The maximum absolute atomic E-state index is 5.85. The fourth-order valence-electron chi connectivity index (χ4n) is 2.48. The Hall–Kier alpha value is -1.22. The van der Waals surface area contributed by atoms with Crippen molar-refractivity contribution < 1.29 is 9.47 Å². The van der Waals surface area contributed by atoms with Crippen LogP contribution in [0.4, 0.5) is 0 Å². The highest BCUT2D eigenvalue weighted by Crippen LogP contribution is 2.30. The Balaban J connectivity index is 2.08. The van der Waals surface area contributed by atoms with Gasteiger partial charge in [0, 0.05) is 5.33 Å². The van der Waals surface area contributed by atoms with E-state index in [2.05, 4.69) is 67.0 Å². The molecule has 0 aliphatic heterocycles. The lowest BCUT2D eigenvalue weighted by Gasteiger charge is -2.15. The molecule has 2 nitrogen and oxygen atoms in total. The molecule has 0 fully saturated rings. The van der Waals surface area contributed by atoms with E-state index in [0.717, 1.165) is 29.9 Å². The number of fused-ring (bicyclic) bond motifs is 1. The summed E-state index contributed by atoms with van der Waals surface area (Å²) < 4.78 is 11.7. The van der Waals surface area contributed by atoms with E-state index >= 15 is 0 Å². The fraction of sp³-hybridized carbons (Fsp3) is 0.474. The Kier molecular flexibility index (Phi) is 6.56. The van der Waals surface area contributed by atoms with E-state index in [9.17, 15) is 0 Å². The summed E-state index contributed by atoms with van der Waals surface area (Å²) in [5.74, 6) is 1.91. The van der Waals surface area contributed by atoms with Crippen LogP contribution in [0.3, 0.4) is 0 Å². The zero-order valence-electron chi connectivity index (χ0n) is 13.7. The fourth-order valence-corrected chi connectivity index (χ4v) is 2.87. The number of unbranched alkanes of at least 4 members (excludes halogenated alkanes) is 2. The van der Waals surface area contributed by atoms with Crippen LogP contribution in [0.1, 0.15) is 38.7 Å². The summed E-state index contributed by atoms with van der Waals surface area (Å²) in [6, 6.07) is 10.5. The summed E-state index contributed by atoms with van der Waals surface area (Å²) in [5, 5.41) is 3.50. The van der Waals surface area contributed by atoms with Gasteiger partial charge in [0.05, 0.1) is 12.7 Å². The van der Waals surface area contributed by atoms with E-state index in [1.165, 1.54) is 29.2 Å². The largest absolute Gasteiger partial charge is 0.494 e. The number of hydrogen-bond acceptors (Lipinski definition) is 2. The predicted molar refractivity (Wildman–Crippen MR) is 97.6 cm³/mol. The van der Waals surface area contributed by atoms with E-state index < -0.39 is 0 Å². The summed E-state index contributed by atoms with van der Waals surface area (Å²) in [7, 11) is 0. The molecular weight excluding hydrogens is 340 g/mol. The zero-order valence-corrected chi connectivity index (χ0v) is 15.3. The summed E-state index contributed by atoms with van der Waals surface area (Å²) in [4.78, 5) is 0. The summed E-state index contributed by atoms with van der Waals surface area (Å²) in [6.45, 7) is 7.00. The van der Waals surface area contributed by atoms with Crippen LogP contribution in [0.5, 0.6) is 11.5 Å². The van der Waals surface area contributed by atoms with Gasteiger partial charge in [-0.2, -0.15) is 0 Å². The molecule has 0 atom stereocenters. The minimum Gasteiger partial charge on any atom is -0.494 e. The van der Waals surface area contributed by atoms with Crippen molar-refractivity contribution in [2.45, 2.75) is 46.1 Å². The predicted octanol–water partition coefficient (Wildman–Crippen LogP) is 5.88. The van der Waals surface area contributed by atoms with Gasteiger partial charge in [-0.15, -0.1) is 0 Å². The van der Waals surface area contributed by atoms with Gasteiger partial charge in [0.1, 0.15) is 11.5 Å². The van der Waals surface area contributed by atoms with Gasteiger partial charge in [0.25, 0.3) is 0 Å². The van der Waals surface area contributed by atoms with Crippen molar-refractivity contribution in [1.82, 2.24) is 0 Å². The van der Waals surface area contributed by atoms with Crippen LogP contribution < -0.4 is 9.47 Å². The van der Waals surface area contributed by atoms with Gasteiger partial charge >= 0.3 is 0 Å². The second kappa shape index (κ2) is 8.42. The zero-order chi connectivity index (χ0) is 15.9. The van der Waals surface area contributed by atoms with Crippen molar-refractivity contribution in [1.29, 1.82) is 0 Å². The van der Waals surface area contributed by atoms with Crippen LogP contribution in [-0.4, -0.2) is 18.0 Å². The van der Waals surface area contributed by atoms with E-state index in [4.69, 9.17) is 9.47 Å². The average molecular weight is 365 g/mol. The normalized spacial score (nSPS) is 11.1. The molecule has 0 N–H and O–H groups in total. The third-order valence-electron chi connectivity index (χ3n) is 3.62. The molecule has 0 aliphatic carbocycles. The van der Waals surface area contributed by atoms with Crippen molar-refractivity contribution in [2.24, 2.45) is 0 Å². The number of hydrogen-bond donors (Lipinski definition) is 0. The van der Waals surface area contributed by atoms with Crippen LogP contribution in [0.2, 0.25) is 0 Å². The second-order valence-electron chi connectivity index (χ2n) is 5.84. The first-order chi connectivity index (χ1) is 10.6. The lowest BCUT2D eigenvalue weighted by Crippen LogP contribution is -2.06. The third kappa shape index (κ3) is 4.64. The molecule has 2 rings (SSSR count). The number of ether oxygens (including phenoxy) is 2. The molecule has 2 aromatic carbocycles. The van der Waals surface area contributed by atoms with Gasteiger partial charge in [-0.3, -0.25) is 0 Å². The lowest BCUT2D eigenvalue weighted by atomic mass is 10.0. The molecule has 0 unspecified atom stereocenters. The van der Waals surface area contributed by atoms with Gasteiger partial charge in [0.2, 0.25) is 0 Å². The molecule has 0 saturated carbocycles. The summed E-state index contributed by atoms with van der Waals surface area (Å²) in [5.41, 5.74) is 1.19. The molecule has 0 radical (unpaired) electrons. The number of benzene rings is 2. The molecule has 0 saturated heterocycles. The van der Waals surface area contributed by atoms with Crippen LogP contribution in [-0.2, 0) is 0 Å². The number of rotatable bonds is 8. The standard InChI is InChI=1S/C19H25BrO2/c1-14(2)22-19-10-7-16-13-17(8-9-18(16)15(19)3)21-12-6-4-5-11-20/h7-10,13-14H,4-6,11-12H2,1-3H3. The van der Waals surface area contributed by atoms with Crippen LogP contribution in [0.25, 0.3) is 10.8 Å². The first-order valence-electron chi connectivity index (χ1n) is 8.00. The van der Waals surface area contributed by atoms with E-state index in [-0.39, 0.29) is 6.10 Å². The Morgan fingerprint density at radius 2 is 1.86 bits per heavy atom. The maximum Gasteiger partial charge on any atom is 0.123 e. The quantitative estimate of drug-likeness (QED) is 0.430. The monoisotopic (exact) mass is 364 g/mol. The summed E-state index contributed by atoms with van der Waals surface area (Å²) >= 11 is 3.45. The molecule has 0 amide bonds. The SMILES string of the molecule is Cc1c(OC(C)C)ccc2cc(OCCCCCBr)ccc12. The van der Waals surface area contributed by atoms with Crippen LogP contribution in [0, 0.1) is 6.92 Å². The highest BCUT2D eigenvalue weighted by atomic mass is 79.9. The number of halogens is 1. The Morgan fingerprint density at radius 1 is 1.05 bits per heavy atom. The number of alkyl halides is 1. The first-order valence-corrected chi connectivity index (χ1v) is 9.12. The molecule has 120 valence electrons.